The van der Waals surface area contributed by atoms with E-state index in [0.29, 0.717) is 27.5 Å². The van der Waals surface area contributed by atoms with Crippen molar-refractivity contribution in [2.75, 3.05) is 0 Å². The normalized spacial score (nSPS) is 13.3. The highest BCUT2D eigenvalue weighted by atomic mass is 32.1. The largest absolute Gasteiger partial charge is 0.456 e. The van der Waals surface area contributed by atoms with Gasteiger partial charge in [0.15, 0.2) is 0 Å². The molecule has 2 nitrogen and oxygen atoms in total. The molecule has 7 aromatic rings. The Kier molecular flexibility index (Phi) is 3.62. The quantitative estimate of drug-likeness (QED) is 0.195. The molecule has 0 spiro atoms. The Hall–Kier alpha value is -4.15. The molecule has 35 heavy (non-hydrogen) atoms. The molecule has 0 aliphatic rings. The van der Waals surface area contributed by atoms with E-state index >= 15 is 0 Å². The van der Waals surface area contributed by atoms with Gasteiger partial charge in [0.1, 0.15) is 19.0 Å². The average Bonchev–Trinajstić information content (AvgIpc) is 3.32. The van der Waals surface area contributed by atoms with Crippen molar-refractivity contribution in [3.8, 4) is 22.3 Å². The Labute approximate surface area is 212 Å². The van der Waals surface area contributed by atoms with Gasteiger partial charge in [-0.2, -0.15) is 0 Å². The fourth-order valence-corrected chi connectivity index (χ4v) is 5.66. The first-order valence-electron chi connectivity index (χ1n) is 13.1. The van der Waals surface area contributed by atoms with Gasteiger partial charge < -0.3 is 4.42 Å². The van der Waals surface area contributed by atoms with Crippen LogP contribution in [-0.4, -0.2) is 7.85 Å². The van der Waals surface area contributed by atoms with E-state index in [-0.39, 0.29) is 40.6 Å². The Morgan fingerprint density at radius 3 is 2.09 bits per heavy atom. The summed E-state index contributed by atoms with van der Waals surface area (Å²) >= 11 is 1.64. The van der Waals surface area contributed by atoms with Crippen LogP contribution < -0.4 is 10.9 Å². The number of benzene rings is 5. The van der Waals surface area contributed by atoms with Gasteiger partial charge in [-0.3, -0.25) is 4.79 Å². The van der Waals surface area contributed by atoms with Crippen LogP contribution in [0.15, 0.2) is 112 Å². The van der Waals surface area contributed by atoms with E-state index in [1.807, 2.05) is 54.6 Å². The molecule has 0 saturated heterocycles. The zero-order valence-electron chi connectivity index (χ0n) is 22.3. The summed E-state index contributed by atoms with van der Waals surface area (Å²) in [5.41, 5.74) is 3.63. The highest BCUT2D eigenvalue weighted by Gasteiger charge is 2.12. The van der Waals surface area contributed by atoms with Gasteiger partial charge in [0.2, 0.25) is 5.43 Å². The molecule has 0 unspecified atom stereocenters. The van der Waals surface area contributed by atoms with Crippen LogP contribution in [-0.2, 0) is 0 Å². The molecule has 2 aromatic heterocycles. The van der Waals surface area contributed by atoms with Gasteiger partial charge in [-0.1, -0.05) is 60.0 Å². The van der Waals surface area contributed by atoms with Crippen molar-refractivity contribution in [3.63, 3.8) is 0 Å². The predicted molar refractivity (Wildman–Crippen MR) is 149 cm³/mol. The lowest BCUT2D eigenvalue weighted by Crippen LogP contribution is -2.01. The van der Waals surface area contributed by atoms with Gasteiger partial charge in [0.05, 0.1) is 16.3 Å². The van der Waals surface area contributed by atoms with Crippen LogP contribution in [0.25, 0.3) is 64.4 Å². The van der Waals surface area contributed by atoms with E-state index in [4.69, 9.17) is 17.7 Å². The Balaban J connectivity index is 1.42. The standard InChI is InChI=1S/C31H17BO2S/c32-22-5-3-4-18(14-22)20-9-12-29-24(15-20)25-16-21(10-13-30(25)35-29)19-8-11-28-26(17-19)31(33)23-6-1-2-7-27(23)34-28/h1-17H/i3D,4D,5D,14D. The zero-order valence-corrected chi connectivity index (χ0v) is 19.1. The van der Waals surface area contributed by atoms with Crippen molar-refractivity contribution in [3.05, 3.63) is 113 Å². The summed E-state index contributed by atoms with van der Waals surface area (Å²) in [6, 6.07) is 23.9. The third-order valence-corrected chi connectivity index (χ3v) is 7.46. The SMILES string of the molecule is [2H]c1c([2H])c([B])c([2H])c(-c2ccc3sc4ccc(-c5ccc6oc7ccccc7c(=O)c6c5)cc4c3c2)c1[2H]. The highest BCUT2D eigenvalue weighted by Crippen LogP contribution is 2.38. The molecule has 7 rings (SSSR count). The molecule has 162 valence electrons. The summed E-state index contributed by atoms with van der Waals surface area (Å²) in [5, 5.41) is 3.04. The smallest absolute Gasteiger partial charge is 0.200 e. The Morgan fingerprint density at radius 1 is 0.686 bits per heavy atom. The average molecular weight is 468 g/mol. The van der Waals surface area contributed by atoms with Crippen LogP contribution in [0, 0.1) is 0 Å². The van der Waals surface area contributed by atoms with Gasteiger partial charge >= 0.3 is 0 Å². The maximum absolute atomic E-state index is 13.2. The Bertz CT molecular complexity index is 2190. The first kappa shape index (κ1) is 16.5. The summed E-state index contributed by atoms with van der Waals surface area (Å²) < 4.78 is 41.0. The molecular weight excluding hydrogens is 447 g/mol. The van der Waals surface area contributed by atoms with Crippen molar-refractivity contribution in [2.45, 2.75) is 0 Å². The molecule has 2 heterocycles. The first-order valence-corrected chi connectivity index (χ1v) is 11.9. The van der Waals surface area contributed by atoms with Gasteiger partial charge in [0.25, 0.3) is 0 Å². The lowest BCUT2D eigenvalue weighted by molar-refractivity contribution is 0.660. The molecular formula is C31H17BO2S. The number of rotatable bonds is 2. The molecule has 0 bridgehead atoms. The van der Waals surface area contributed by atoms with Crippen molar-refractivity contribution in [2.24, 2.45) is 0 Å². The molecule has 0 fully saturated rings. The van der Waals surface area contributed by atoms with E-state index in [0.717, 1.165) is 31.3 Å². The lowest BCUT2D eigenvalue weighted by Gasteiger charge is -2.06. The monoisotopic (exact) mass is 468 g/mol. The Morgan fingerprint density at radius 2 is 1.31 bits per heavy atom. The summed E-state index contributed by atoms with van der Waals surface area (Å²) in [7, 11) is 5.93. The van der Waals surface area contributed by atoms with Crippen LogP contribution in [0.4, 0.5) is 0 Å². The molecule has 5 aromatic carbocycles. The predicted octanol–water partition coefficient (Wildman–Crippen LogP) is 7.44. The summed E-state index contributed by atoms with van der Waals surface area (Å²) in [6.45, 7) is 0. The van der Waals surface area contributed by atoms with Crippen molar-refractivity contribution >= 4 is 66.8 Å². The third-order valence-electron chi connectivity index (χ3n) is 6.31. The lowest BCUT2D eigenvalue weighted by atomic mass is 9.92. The van der Waals surface area contributed by atoms with Crippen LogP contribution in [0.5, 0.6) is 0 Å². The van der Waals surface area contributed by atoms with E-state index in [9.17, 15) is 4.79 Å². The maximum atomic E-state index is 13.2. The van der Waals surface area contributed by atoms with E-state index in [1.54, 1.807) is 23.5 Å². The number of thiophene rings is 1. The topological polar surface area (TPSA) is 30.2 Å². The van der Waals surface area contributed by atoms with E-state index in [2.05, 4.69) is 12.1 Å². The summed E-state index contributed by atoms with van der Waals surface area (Å²) in [4.78, 5) is 13.2. The zero-order chi connectivity index (χ0) is 27.0. The highest BCUT2D eigenvalue weighted by molar-refractivity contribution is 7.25. The molecule has 0 atom stereocenters. The number of hydrogen-bond donors (Lipinski definition) is 0. The minimum Gasteiger partial charge on any atom is -0.456 e. The van der Waals surface area contributed by atoms with Gasteiger partial charge in [-0.05, 0) is 70.8 Å². The van der Waals surface area contributed by atoms with Crippen molar-refractivity contribution in [1.82, 2.24) is 0 Å². The van der Waals surface area contributed by atoms with Gasteiger partial charge in [0, 0.05) is 20.2 Å². The van der Waals surface area contributed by atoms with E-state index in [1.165, 1.54) is 0 Å². The van der Waals surface area contributed by atoms with E-state index < -0.39 is 0 Å². The number of para-hydroxylation sites is 1. The minimum absolute atomic E-state index is 0.0652. The number of hydrogen-bond acceptors (Lipinski definition) is 3. The second-order valence-corrected chi connectivity index (χ2v) is 9.53. The maximum Gasteiger partial charge on any atom is 0.200 e. The molecule has 0 aliphatic carbocycles. The third kappa shape index (κ3) is 3.29. The van der Waals surface area contributed by atoms with Crippen LogP contribution in [0.1, 0.15) is 5.48 Å². The van der Waals surface area contributed by atoms with Gasteiger partial charge in [-0.15, -0.1) is 11.3 Å². The number of fused-ring (bicyclic) bond motifs is 5. The summed E-state index contributed by atoms with van der Waals surface area (Å²) in [5.74, 6) is 0. The molecule has 0 saturated carbocycles. The molecule has 2 radical (unpaired) electrons. The van der Waals surface area contributed by atoms with Gasteiger partial charge in [-0.25, -0.2) is 0 Å². The fourth-order valence-electron chi connectivity index (χ4n) is 4.60. The van der Waals surface area contributed by atoms with Crippen LogP contribution in [0.3, 0.4) is 0 Å². The minimum atomic E-state index is -0.294. The fraction of sp³-hybridized carbons (Fsp3) is 0. The summed E-state index contributed by atoms with van der Waals surface area (Å²) in [6.07, 6.45) is 0. The first-order chi connectivity index (χ1) is 18.8. The van der Waals surface area contributed by atoms with Crippen LogP contribution >= 0.6 is 11.3 Å². The molecule has 0 amide bonds. The molecule has 4 heteroatoms. The molecule has 0 N–H and O–H groups in total. The van der Waals surface area contributed by atoms with Crippen LogP contribution in [0.2, 0.25) is 0 Å². The second kappa shape index (κ2) is 7.69. The van der Waals surface area contributed by atoms with Crippen molar-refractivity contribution in [1.29, 1.82) is 0 Å². The second-order valence-electron chi connectivity index (χ2n) is 8.45. The molecule has 0 aliphatic heterocycles. The van der Waals surface area contributed by atoms with Crippen molar-refractivity contribution < 1.29 is 9.90 Å².